The van der Waals surface area contributed by atoms with E-state index in [0.29, 0.717) is 18.5 Å². The lowest BCUT2D eigenvalue weighted by atomic mass is 9.96. The van der Waals surface area contributed by atoms with Crippen molar-refractivity contribution in [1.29, 1.82) is 0 Å². The lowest BCUT2D eigenvalue weighted by Gasteiger charge is -2.12. The summed E-state index contributed by atoms with van der Waals surface area (Å²) < 4.78 is 13.5. The number of rotatable bonds is 4. The van der Waals surface area contributed by atoms with Crippen LogP contribution in [0.1, 0.15) is 18.4 Å². The number of hydrogen-bond acceptors (Lipinski definition) is 3. The molecule has 0 atom stereocenters. The van der Waals surface area contributed by atoms with Gasteiger partial charge in [-0.05, 0) is 42.9 Å². The first-order chi connectivity index (χ1) is 7.56. The van der Waals surface area contributed by atoms with E-state index in [9.17, 15) is 14.5 Å². The van der Waals surface area contributed by atoms with Crippen LogP contribution in [0.3, 0.4) is 0 Å². The van der Waals surface area contributed by atoms with Gasteiger partial charge in [-0.3, -0.25) is 10.1 Å². The van der Waals surface area contributed by atoms with Crippen LogP contribution in [0.15, 0.2) is 18.2 Å². The molecule has 1 aliphatic carbocycles. The van der Waals surface area contributed by atoms with Crippen LogP contribution in [0.4, 0.5) is 10.1 Å². The van der Waals surface area contributed by atoms with E-state index in [0.717, 1.165) is 18.9 Å². The first-order valence-electron chi connectivity index (χ1n) is 5.19. The molecule has 2 N–H and O–H groups in total. The SMILES string of the molecule is NCC1(Cc2cc([N+](=O)[O-])ccc2F)CC1. The van der Waals surface area contributed by atoms with Gasteiger partial charge in [0.2, 0.25) is 0 Å². The molecular weight excluding hydrogens is 211 g/mol. The number of nitro benzene ring substituents is 1. The molecule has 5 heteroatoms. The zero-order chi connectivity index (χ0) is 11.8. The molecule has 0 spiro atoms. The van der Waals surface area contributed by atoms with Gasteiger partial charge in [0, 0.05) is 12.1 Å². The number of halogens is 1. The van der Waals surface area contributed by atoms with Gasteiger partial charge in [-0.15, -0.1) is 0 Å². The topological polar surface area (TPSA) is 69.2 Å². The highest BCUT2D eigenvalue weighted by Crippen LogP contribution is 2.47. The monoisotopic (exact) mass is 224 g/mol. The second-order valence-electron chi connectivity index (χ2n) is 4.41. The van der Waals surface area contributed by atoms with E-state index >= 15 is 0 Å². The van der Waals surface area contributed by atoms with E-state index in [2.05, 4.69) is 0 Å². The van der Waals surface area contributed by atoms with Crippen molar-refractivity contribution in [1.82, 2.24) is 0 Å². The summed E-state index contributed by atoms with van der Waals surface area (Å²) in [6.07, 6.45) is 2.45. The lowest BCUT2D eigenvalue weighted by Crippen LogP contribution is -2.18. The Morgan fingerprint density at radius 2 is 2.19 bits per heavy atom. The van der Waals surface area contributed by atoms with E-state index in [4.69, 9.17) is 5.73 Å². The first kappa shape index (κ1) is 11.0. The van der Waals surface area contributed by atoms with Gasteiger partial charge in [-0.1, -0.05) is 0 Å². The molecule has 1 saturated carbocycles. The van der Waals surface area contributed by atoms with E-state index in [1.807, 2.05) is 0 Å². The van der Waals surface area contributed by atoms with Crippen LogP contribution in [0.2, 0.25) is 0 Å². The van der Waals surface area contributed by atoms with E-state index in [-0.39, 0.29) is 16.9 Å². The molecule has 4 nitrogen and oxygen atoms in total. The number of nitrogens with two attached hydrogens (primary N) is 1. The molecule has 1 aromatic rings. The number of hydrogen-bond donors (Lipinski definition) is 1. The summed E-state index contributed by atoms with van der Waals surface area (Å²) in [5.41, 5.74) is 5.93. The fourth-order valence-electron chi connectivity index (χ4n) is 1.84. The zero-order valence-corrected chi connectivity index (χ0v) is 8.78. The van der Waals surface area contributed by atoms with Crippen molar-refractivity contribution in [2.45, 2.75) is 19.3 Å². The molecule has 2 rings (SSSR count). The molecule has 0 bridgehead atoms. The van der Waals surface area contributed by atoms with Crippen molar-refractivity contribution >= 4 is 5.69 Å². The fourth-order valence-corrected chi connectivity index (χ4v) is 1.84. The van der Waals surface area contributed by atoms with Crippen molar-refractivity contribution in [3.8, 4) is 0 Å². The minimum absolute atomic E-state index is 0.0178. The first-order valence-corrected chi connectivity index (χ1v) is 5.19. The molecule has 1 aliphatic rings. The van der Waals surface area contributed by atoms with Gasteiger partial charge >= 0.3 is 0 Å². The number of non-ortho nitro benzene ring substituents is 1. The average molecular weight is 224 g/mol. The Morgan fingerprint density at radius 3 is 2.69 bits per heavy atom. The third-order valence-corrected chi connectivity index (χ3v) is 3.20. The molecule has 1 aromatic carbocycles. The number of benzene rings is 1. The maximum atomic E-state index is 13.5. The largest absolute Gasteiger partial charge is 0.330 e. The van der Waals surface area contributed by atoms with Gasteiger partial charge in [0.15, 0.2) is 0 Å². The van der Waals surface area contributed by atoms with E-state index < -0.39 is 4.92 Å². The van der Waals surface area contributed by atoms with Gasteiger partial charge in [0.1, 0.15) is 5.82 Å². The van der Waals surface area contributed by atoms with Gasteiger partial charge in [-0.2, -0.15) is 0 Å². The Hall–Kier alpha value is -1.49. The summed E-state index contributed by atoms with van der Waals surface area (Å²) in [7, 11) is 0. The Morgan fingerprint density at radius 1 is 1.50 bits per heavy atom. The average Bonchev–Trinajstić information content (AvgIpc) is 3.02. The van der Waals surface area contributed by atoms with Gasteiger partial charge in [0.05, 0.1) is 4.92 Å². The summed E-state index contributed by atoms with van der Waals surface area (Å²) >= 11 is 0. The van der Waals surface area contributed by atoms with Crippen LogP contribution in [-0.4, -0.2) is 11.5 Å². The highest BCUT2D eigenvalue weighted by Gasteiger charge is 2.41. The van der Waals surface area contributed by atoms with E-state index in [1.165, 1.54) is 12.1 Å². The van der Waals surface area contributed by atoms with Crippen LogP contribution in [0, 0.1) is 21.3 Å². The predicted octanol–water partition coefficient (Wildman–Crippen LogP) is 2.02. The van der Waals surface area contributed by atoms with Crippen molar-refractivity contribution in [3.05, 3.63) is 39.7 Å². The van der Waals surface area contributed by atoms with Crippen LogP contribution in [-0.2, 0) is 6.42 Å². The fraction of sp³-hybridized carbons (Fsp3) is 0.455. The molecular formula is C11H13FN2O2. The summed E-state index contributed by atoms with van der Waals surface area (Å²) in [6.45, 7) is 0.509. The molecule has 0 aromatic heterocycles. The van der Waals surface area contributed by atoms with Crippen molar-refractivity contribution in [2.24, 2.45) is 11.1 Å². The van der Waals surface area contributed by atoms with Gasteiger partial charge in [0.25, 0.3) is 5.69 Å². The van der Waals surface area contributed by atoms with E-state index in [1.54, 1.807) is 0 Å². The standard InChI is InChI=1S/C11H13FN2O2/c12-10-2-1-9(14(15)16)5-8(10)6-11(7-13)3-4-11/h1-2,5H,3-4,6-7,13H2. The summed E-state index contributed by atoms with van der Waals surface area (Å²) in [6, 6.07) is 3.64. The molecule has 0 amide bonds. The van der Waals surface area contributed by atoms with Crippen molar-refractivity contribution in [2.75, 3.05) is 6.54 Å². The second kappa shape index (κ2) is 3.83. The van der Waals surface area contributed by atoms with Crippen LogP contribution >= 0.6 is 0 Å². The third kappa shape index (κ3) is 2.04. The molecule has 86 valence electrons. The summed E-state index contributed by atoms with van der Waals surface area (Å²) in [5.74, 6) is -0.384. The van der Waals surface area contributed by atoms with Crippen molar-refractivity contribution in [3.63, 3.8) is 0 Å². The molecule has 0 unspecified atom stereocenters. The highest BCUT2D eigenvalue weighted by atomic mass is 19.1. The lowest BCUT2D eigenvalue weighted by molar-refractivity contribution is -0.385. The molecule has 0 heterocycles. The third-order valence-electron chi connectivity index (χ3n) is 3.20. The normalized spacial score (nSPS) is 17.1. The molecule has 1 fully saturated rings. The Balaban J connectivity index is 2.25. The smallest absolute Gasteiger partial charge is 0.269 e. The van der Waals surface area contributed by atoms with Crippen LogP contribution in [0.25, 0.3) is 0 Å². The Kier molecular flexibility index (Phi) is 2.63. The Bertz CT molecular complexity index is 430. The Labute approximate surface area is 92.4 Å². The van der Waals surface area contributed by atoms with Gasteiger partial charge < -0.3 is 5.73 Å². The maximum absolute atomic E-state index is 13.5. The summed E-state index contributed by atoms with van der Waals surface area (Å²) in [5, 5.41) is 10.6. The number of nitro groups is 1. The minimum atomic E-state index is -0.509. The zero-order valence-electron chi connectivity index (χ0n) is 8.78. The summed E-state index contributed by atoms with van der Waals surface area (Å²) in [4.78, 5) is 10.1. The number of nitrogens with zero attached hydrogens (tertiary/aromatic N) is 1. The highest BCUT2D eigenvalue weighted by molar-refractivity contribution is 5.36. The second-order valence-corrected chi connectivity index (χ2v) is 4.41. The molecule has 0 radical (unpaired) electrons. The maximum Gasteiger partial charge on any atom is 0.269 e. The molecule has 0 saturated heterocycles. The van der Waals surface area contributed by atoms with Crippen molar-refractivity contribution < 1.29 is 9.31 Å². The van der Waals surface area contributed by atoms with Crippen LogP contribution in [0.5, 0.6) is 0 Å². The quantitative estimate of drug-likeness (QED) is 0.628. The molecule has 16 heavy (non-hydrogen) atoms. The minimum Gasteiger partial charge on any atom is -0.330 e. The predicted molar refractivity (Wildman–Crippen MR) is 57.5 cm³/mol. The van der Waals surface area contributed by atoms with Gasteiger partial charge in [-0.25, -0.2) is 4.39 Å². The molecule has 0 aliphatic heterocycles. The van der Waals surface area contributed by atoms with Crippen LogP contribution < -0.4 is 5.73 Å².